The molecule has 1 aliphatic heterocycles. The Kier molecular flexibility index (Phi) is 5.69. The van der Waals surface area contributed by atoms with Crippen LogP contribution in [0.3, 0.4) is 0 Å². The largest absolute Gasteiger partial charge is 0.380 e. The number of unbranched alkanes of at least 4 members (excludes halogenated alkanes) is 1. The molecule has 2 heteroatoms. The minimum Gasteiger partial charge on any atom is -0.380 e. The molecule has 100 valence electrons. The molecule has 2 nitrogen and oxygen atoms in total. The molecule has 1 heterocycles. The van der Waals surface area contributed by atoms with Crippen LogP contribution in [0.15, 0.2) is 30.3 Å². The van der Waals surface area contributed by atoms with E-state index in [-0.39, 0.29) is 0 Å². The van der Waals surface area contributed by atoms with E-state index in [1.54, 1.807) is 0 Å². The van der Waals surface area contributed by atoms with E-state index in [9.17, 15) is 0 Å². The minimum absolute atomic E-state index is 0.724. The standard InChI is InChI=1S/C16H25NO/c1-2-3-12-18-13-11-17-10-9-16(14-17)15-7-5-4-6-8-15/h4-8,16H,2-3,9-14H2,1H3/t16-/m1/s1. The Hall–Kier alpha value is -0.860. The van der Waals surface area contributed by atoms with E-state index in [1.165, 1.54) is 37.9 Å². The molecule has 0 unspecified atom stereocenters. The highest BCUT2D eigenvalue weighted by molar-refractivity contribution is 5.20. The van der Waals surface area contributed by atoms with E-state index in [0.29, 0.717) is 0 Å². The summed E-state index contributed by atoms with van der Waals surface area (Å²) >= 11 is 0. The lowest BCUT2D eigenvalue weighted by molar-refractivity contribution is 0.108. The molecule has 0 spiro atoms. The summed E-state index contributed by atoms with van der Waals surface area (Å²) in [7, 11) is 0. The molecule has 1 saturated heterocycles. The molecule has 18 heavy (non-hydrogen) atoms. The summed E-state index contributed by atoms with van der Waals surface area (Å²) in [5.41, 5.74) is 1.49. The van der Waals surface area contributed by atoms with Crippen molar-refractivity contribution in [1.82, 2.24) is 4.90 Å². The second-order valence-corrected chi connectivity index (χ2v) is 5.16. The average Bonchev–Trinajstić information content (AvgIpc) is 2.88. The van der Waals surface area contributed by atoms with Crippen LogP contribution in [0.1, 0.15) is 37.7 Å². The molecular weight excluding hydrogens is 222 g/mol. The Morgan fingerprint density at radius 2 is 2.06 bits per heavy atom. The Morgan fingerprint density at radius 3 is 2.83 bits per heavy atom. The van der Waals surface area contributed by atoms with E-state index in [0.717, 1.165) is 25.7 Å². The van der Waals surface area contributed by atoms with E-state index in [2.05, 4.69) is 42.2 Å². The van der Waals surface area contributed by atoms with Gasteiger partial charge in [-0.15, -0.1) is 0 Å². The summed E-state index contributed by atoms with van der Waals surface area (Å²) < 4.78 is 5.64. The van der Waals surface area contributed by atoms with Crippen LogP contribution in [0.2, 0.25) is 0 Å². The van der Waals surface area contributed by atoms with Crippen molar-refractivity contribution in [3.63, 3.8) is 0 Å². The van der Waals surface area contributed by atoms with E-state index >= 15 is 0 Å². The molecule has 0 radical (unpaired) electrons. The van der Waals surface area contributed by atoms with Crippen LogP contribution in [-0.4, -0.2) is 37.7 Å². The zero-order chi connectivity index (χ0) is 12.6. The van der Waals surface area contributed by atoms with Gasteiger partial charge in [-0.25, -0.2) is 0 Å². The smallest absolute Gasteiger partial charge is 0.0593 e. The van der Waals surface area contributed by atoms with Crippen LogP contribution >= 0.6 is 0 Å². The minimum atomic E-state index is 0.724. The normalized spacial score (nSPS) is 20.4. The number of nitrogens with zero attached hydrogens (tertiary/aromatic N) is 1. The number of benzene rings is 1. The summed E-state index contributed by atoms with van der Waals surface area (Å²) in [5.74, 6) is 0.724. The van der Waals surface area contributed by atoms with E-state index in [4.69, 9.17) is 4.74 Å². The van der Waals surface area contributed by atoms with E-state index < -0.39 is 0 Å². The van der Waals surface area contributed by atoms with Crippen LogP contribution in [-0.2, 0) is 4.74 Å². The first-order valence-electron chi connectivity index (χ1n) is 7.25. The second-order valence-electron chi connectivity index (χ2n) is 5.16. The highest BCUT2D eigenvalue weighted by Gasteiger charge is 2.22. The molecule has 1 aliphatic rings. The molecule has 2 rings (SSSR count). The molecule has 0 aliphatic carbocycles. The van der Waals surface area contributed by atoms with Gasteiger partial charge in [0.05, 0.1) is 6.61 Å². The monoisotopic (exact) mass is 247 g/mol. The average molecular weight is 247 g/mol. The van der Waals surface area contributed by atoms with Crippen molar-refractivity contribution in [1.29, 1.82) is 0 Å². The zero-order valence-electron chi connectivity index (χ0n) is 11.5. The van der Waals surface area contributed by atoms with Crippen molar-refractivity contribution in [2.75, 3.05) is 32.8 Å². The van der Waals surface area contributed by atoms with Gasteiger partial charge < -0.3 is 9.64 Å². The predicted molar refractivity (Wildman–Crippen MR) is 76.0 cm³/mol. The first-order valence-corrected chi connectivity index (χ1v) is 7.25. The Balaban J connectivity index is 1.66. The van der Waals surface area contributed by atoms with Gasteiger partial charge in [-0.2, -0.15) is 0 Å². The maximum Gasteiger partial charge on any atom is 0.0593 e. The predicted octanol–water partition coefficient (Wildman–Crippen LogP) is 3.29. The number of ether oxygens (including phenoxy) is 1. The first kappa shape index (κ1) is 13.6. The fourth-order valence-electron chi connectivity index (χ4n) is 2.58. The summed E-state index contributed by atoms with van der Waals surface area (Å²) in [4.78, 5) is 2.53. The highest BCUT2D eigenvalue weighted by atomic mass is 16.5. The third kappa shape index (κ3) is 4.11. The number of hydrogen-bond acceptors (Lipinski definition) is 2. The van der Waals surface area contributed by atoms with Crippen LogP contribution in [0.25, 0.3) is 0 Å². The maximum atomic E-state index is 5.64. The summed E-state index contributed by atoms with van der Waals surface area (Å²) in [6, 6.07) is 10.9. The molecule has 0 N–H and O–H groups in total. The third-order valence-corrected chi connectivity index (χ3v) is 3.74. The van der Waals surface area contributed by atoms with Crippen molar-refractivity contribution in [3.8, 4) is 0 Å². The van der Waals surface area contributed by atoms with Gasteiger partial charge in [0.2, 0.25) is 0 Å². The fourth-order valence-corrected chi connectivity index (χ4v) is 2.58. The Labute approximate surface area is 111 Å². The summed E-state index contributed by atoms with van der Waals surface area (Å²) in [6.45, 7) is 7.52. The lowest BCUT2D eigenvalue weighted by atomic mass is 9.99. The topological polar surface area (TPSA) is 12.5 Å². The summed E-state index contributed by atoms with van der Waals surface area (Å²) in [6.07, 6.45) is 3.70. The van der Waals surface area contributed by atoms with Crippen molar-refractivity contribution in [2.24, 2.45) is 0 Å². The number of hydrogen-bond donors (Lipinski definition) is 0. The van der Waals surface area contributed by atoms with Crippen LogP contribution < -0.4 is 0 Å². The van der Waals surface area contributed by atoms with Gasteiger partial charge in [-0.05, 0) is 30.9 Å². The second kappa shape index (κ2) is 7.55. The SMILES string of the molecule is CCCCOCCN1CC[C@@H](c2ccccc2)C1. The number of likely N-dealkylation sites (tertiary alicyclic amines) is 1. The Bertz CT molecular complexity index is 325. The van der Waals surface area contributed by atoms with Crippen LogP contribution in [0.5, 0.6) is 0 Å². The summed E-state index contributed by atoms with van der Waals surface area (Å²) in [5, 5.41) is 0. The maximum absolute atomic E-state index is 5.64. The number of rotatable bonds is 7. The van der Waals surface area contributed by atoms with Crippen molar-refractivity contribution >= 4 is 0 Å². The molecule has 1 aromatic rings. The quantitative estimate of drug-likeness (QED) is 0.686. The lowest BCUT2D eigenvalue weighted by Crippen LogP contribution is -2.25. The van der Waals surface area contributed by atoms with Gasteiger partial charge in [-0.3, -0.25) is 0 Å². The molecule has 0 bridgehead atoms. The molecule has 0 amide bonds. The molecule has 1 fully saturated rings. The Morgan fingerprint density at radius 1 is 1.22 bits per heavy atom. The van der Waals surface area contributed by atoms with Crippen molar-refractivity contribution in [3.05, 3.63) is 35.9 Å². The third-order valence-electron chi connectivity index (χ3n) is 3.74. The highest BCUT2D eigenvalue weighted by Crippen LogP contribution is 2.26. The van der Waals surface area contributed by atoms with Crippen molar-refractivity contribution in [2.45, 2.75) is 32.1 Å². The first-order chi connectivity index (χ1) is 8.90. The fraction of sp³-hybridized carbons (Fsp3) is 0.625. The van der Waals surface area contributed by atoms with Crippen molar-refractivity contribution < 1.29 is 4.74 Å². The molecule has 1 atom stereocenters. The van der Waals surface area contributed by atoms with Gasteiger partial charge >= 0.3 is 0 Å². The van der Waals surface area contributed by atoms with Gasteiger partial charge in [0.1, 0.15) is 0 Å². The van der Waals surface area contributed by atoms with Crippen LogP contribution in [0, 0.1) is 0 Å². The van der Waals surface area contributed by atoms with Gasteiger partial charge in [0.15, 0.2) is 0 Å². The van der Waals surface area contributed by atoms with E-state index in [1.807, 2.05) is 0 Å². The van der Waals surface area contributed by atoms with Gasteiger partial charge in [0.25, 0.3) is 0 Å². The molecular formula is C16H25NO. The molecule has 0 saturated carbocycles. The van der Waals surface area contributed by atoms with Gasteiger partial charge in [0, 0.05) is 19.7 Å². The molecule has 1 aromatic carbocycles. The lowest BCUT2D eigenvalue weighted by Gasteiger charge is -2.16. The zero-order valence-corrected chi connectivity index (χ0v) is 11.5. The van der Waals surface area contributed by atoms with Gasteiger partial charge in [-0.1, -0.05) is 43.7 Å². The van der Waals surface area contributed by atoms with Crippen LogP contribution in [0.4, 0.5) is 0 Å². The molecule has 0 aromatic heterocycles.